The number of aryl methyl sites for hydroxylation is 1. The summed E-state index contributed by atoms with van der Waals surface area (Å²) >= 11 is 0. The largest absolute Gasteiger partial charge is 0.355 e. The molecule has 1 aromatic carbocycles. The van der Waals surface area contributed by atoms with Gasteiger partial charge >= 0.3 is 0 Å². The van der Waals surface area contributed by atoms with E-state index in [0.29, 0.717) is 0 Å². The summed E-state index contributed by atoms with van der Waals surface area (Å²) in [6.07, 6.45) is 3.23. The molecule has 1 saturated heterocycles. The number of imidazole rings is 1. The van der Waals surface area contributed by atoms with Gasteiger partial charge in [-0.2, -0.15) is 0 Å². The molecule has 4 rings (SSSR count). The second-order valence-corrected chi connectivity index (χ2v) is 6.03. The highest BCUT2D eigenvalue weighted by Gasteiger charge is 2.14. The van der Waals surface area contributed by atoms with Crippen LogP contribution in [0, 0.1) is 0 Å². The lowest BCUT2D eigenvalue weighted by atomic mass is 10.1. The van der Waals surface area contributed by atoms with Gasteiger partial charge in [-0.05, 0) is 24.1 Å². The zero-order valence-electron chi connectivity index (χ0n) is 13.5. The van der Waals surface area contributed by atoms with Gasteiger partial charge in [-0.15, -0.1) is 0 Å². The highest BCUT2D eigenvalue weighted by Crippen LogP contribution is 2.24. The molecule has 1 aliphatic rings. The molecule has 4 nitrogen and oxygen atoms in total. The second kappa shape index (κ2) is 6.05. The van der Waals surface area contributed by atoms with Crippen LogP contribution in [0.2, 0.25) is 0 Å². The standard InChI is InChI=1S/C19H22N4/c1-2-15-6-8-16(9-7-15)17-14-23-18(21-17)4-3-5-19(23)22-12-10-20-11-13-22/h3-9,14,20H,2,10-13H2,1H3. The van der Waals surface area contributed by atoms with Crippen molar-refractivity contribution in [2.45, 2.75) is 13.3 Å². The van der Waals surface area contributed by atoms with Crippen LogP contribution in [0.5, 0.6) is 0 Å². The highest BCUT2D eigenvalue weighted by molar-refractivity contribution is 5.65. The van der Waals surface area contributed by atoms with Gasteiger partial charge in [0.25, 0.3) is 0 Å². The molecule has 2 aromatic heterocycles. The Morgan fingerprint density at radius 3 is 2.57 bits per heavy atom. The number of rotatable bonds is 3. The third kappa shape index (κ3) is 2.70. The first-order valence-corrected chi connectivity index (χ1v) is 8.38. The summed E-state index contributed by atoms with van der Waals surface area (Å²) in [4.78, 5) is 7.24. The second-order valence-electron chi connectivity index (χ2n) is 6.03. The van der Waals surface area contributed by atoms with E-state index in [1.165, 1.54) is 16.9 Å². The SMILES string of the molecule is CCc1ccc(-c2cn3c(N4CCNCC4)cccc3n2)cc1. The first-order valence-electron chi connectivity index (χ1n) is 8.38. The van der Waals surface area contributed by atoms with E-state index in [2.05, 4.69) is 70.2 Å². The quantitative estimate of drug-likeness (QED) is 0.807. The molecular formula is C19H22N4. The number of hydrogen-bond donors (Lipinski definition) is 1. The fraction of sp³-hybridized carbons (Fsp3) is 0.316. The number of piperazine rings is 1. The zero-order chi connectivity index (χ0) is 15.6. The van der Waals surface area contributed by atoms with Crippen LogP contribution in [0.15, 0.2) is 48.7 Å². The molecular weight excluding hydrogens is 284 g/mol. The first-order chi connectivity index (χ1) is 11.3. The van der Waals surface area contributed by atoms with Gasteiger partial charge < -0.3 is 10.2 Å². The lowest BCUT2D eigenvalue weighted by Gasteiger charge is -2.29. The van der Waals surface area contributed by atoms with Gasteiger partial charge in [0, 0.05) is 37.9 Å². The normalized spacial score (nSPS) is 15.3. The van der Waals surface area contributed by atoms with Crippen molar-refractivity contribution in [3.63, 3.8) is 0 Å². The molecule has 1 fully saturated rings. The van der Waals surface area contributed by atoms with Crippen LogP contribution in [0.1, 0.15) is 12.5 Å². The topological polar surface area (TPSA) is 32.6 Å². The van der Waals surface area contributed by atoms with Crippen LogP contribution in [0.25, 0.3) is 16.9 Å². The predicted octanol–water partition coefficient (Wildman–Crippen LogP) is 2.97. The Morgan fingerprint density at radius 1 is 1.04 bits per heavy atom. The van der Waals surface area contributed by atoms with Crippen molar-refractivity contribution in [2.24, 2.45) is 0 Å². The van der Waals surface area contributed by atoms with Crippen molar-refractivity contribution >= 4 is 11.5 Å². The average molecular weight is 306 g/mol. The van der Waals surface area contributed by atoms with Crippen LogP contribution in [0.3, 0.4) is 0 Å². The van der Waals surface area contributed by atoms with Crippen molar-refractivity contribution in [1.29, 1.82) is 0 Å². The van der Waals surface area contributed by atoms with Gasteiger partial charge in [0.05, 0.1) is 5.69 Å². The predicted molar refractivity (Wildman–Crippen MR) is 95.1 cm³/mol. The lowest BCUT2D eigenvalue weighted by Crippen LogP contribution is -2.44. The van der Waals surface area contributed by atoms with E-state index in [9.17, 15) is 0 Å². The molecule has 4 heteroatoms. The molecule has 0 radical (unpaired) electrons. The van der Waals surface area contributed by atoms with Gasteiger partial charge in [0.1, 0.15) is 11.5 Å². The van der Waals surface area contributed by atoms with Crippen LogP contribution < -0.4 is 10.2 Å². The van der Waals surface area contributed by atoms with Crippen molar-refractivity contribution in [1.82, 2.24) is 14.7 Å². The molecule has 0 aliphatic carbocycles. The molecule has 1 aliphatic heterocycles. The number of hydrogen-bond acceptors (Lipinski definition) is 3. The lowest BCUT2D eigenvalue weighted by molar-refractivity contribution is 0.583. The number of anilines is 1. The molecule has 0 bridgehead atoms. The number of aromatic nitrogens is 2. The maximum atomic E-state index is 4.81. The Bertz CT molecular complexity index is 798. The molecule has 0 unspecified atom stereocenters. The van der Waals surface area contributed by atoms with Gasteiger partial charge in [-0.1, -0.05) is 37.3 Å². The van der Waals surface area contributed by atoms with Crippen molar-refractivity contribution < 1.29 is 0 Å². The van der Waals surface area contributed by atoms with E-state index in [-0.39, 0.29) is 0 Å². The van der Waals surface area contributed by atoms with Gasteiger partial charge in [-0.25, -0.2) is 4.98 Å². The van der Waals surface area contributed by atoms with Crippen molar-refractivity contribution in [3.05, 3.63) is 54.2 Å². The fourth-order valence-corrected chi connectivity index (χ4v) is 3.20. The summed E-state index contributed by atoms with van der Waals surface area (Å²) in [7, 11) is 0. The first kappa shape index (κ1) is 14.3. The molecule has 0 atom stereocenters. The zero-order valence-corrected chi connectivity index (χ0v) is 13.5. The van der Waals surface area contributed by atoms with Gasteiger partial charge in [0.2, 0.25) is 0 Å². The Labute approximate surface area is 136 Å². The third-order valence-electron chi connectivity index (χ3n) is 4.57. The minimum atomic E-state index is 1.01. The maximum Gasteiger partial charge on any atom is 0.139 e. The van der Waals surface area contributed by atoms with Crippen LogP contribution >= 0.6 is 0 Å². The Kier molecular flexibility index (Phi) is 3.75. The Hall–Kier alpha value is -2.33. The Morgan fingerprint density at radius 2 is 1.83 bits per heavy atom. The molecule has 23 heavy (non-hydrogen) atoms. The van der Waals surface area contributed by atoms with Crippen LogP contribution in [-0.4, -0.2) is 35.6 Å². The molecule has 0 saturated carbocycles. The van der Waals surface area contributed by atoms with E-state index in [0.717, 1.165) is 43.9 Å². The van der Waals surface area contributed by atoms with Crippen molar-refractivity contribution in [2.75, 3.05) is 31.1 Å². The number of nitrogens with zero attached hydrogens (tertiary/aromatic N) is 3. The van der Waals surface area contributed by atoms with E-state index in [1.54, 1.807) is 0 Å². The summed E-state index contributed by atoms with van der Waals surface area (Å²) < 4.78 is 2.22. The summed E-state index contributed by atoms with van der Waals surface area (Å²) in [6.45, 7) is 6.34. The maximum absolute atomic E-state index is 4.81. The molecule has 3 heterocycles. The summed E-state index contributed by atoms with van der Waals surface area (Å²) in [6, 6.07) is 15.1. The van der Waals surface area contributed by atoms with E-state index in [1.807, 2.05) is 0 Å². The van der Waals surface area contributed by atoms with Crippen LogP contribution in [0.4, 0.5) is 5.82 Å². The van der Waals surface area contributed by atoms with Crippen molar-refractivity contribution in [3.8, 4) is 11.3 Å². The molecule has 3 aromatic rings. The van der Waals surface area contributed by atoms with Crippen LogP contribution in [-0.2, 0) is 6.42 Å². The average Bonchev–Trinajstić information content (AvgIpc) is 3.06. The van der Waals surface area contributed by atoms with Gasteiger partial charge in [0.15, 0.2) is 0 Å². The number of fused-ring (bicyclic) bond motifs is 1. The number of pyridine rings is 1. The number of benzene rings is 1. The minimum absolute atomic E-state index is 1.01. The van der Waals surface area contributed by atoms with E-state index >= 15 is 0 Å². The summed E-state index contributed by atoms with van der Waals surface area (Å²) in [5.74, 6) is 1.23. The molecule has 0 spiro atoms. The summed E-state index contributed by atoms with van der Waals surface area (Å²) in [5.41, 5.74) is 4.59. The molecule has 1 N–H and O–H groups in total. The van der Waals surface area contributed by atoms with Gasteiger partial charge in [-0.3, -0.25) is 4.40 Å². The third-order valence-corrected chi connectivity index (χ3v) is 4.57. The number of nitrogens with one attached hydrogen (secondary N) is 1. The molecule has 0 amide bonds. The monoisotopic (exact) mass is 306 g/mol. The van der Waals surface area contributed by atoms with E-state index in [4.69, 9.17) is 4.98 Å². The Balaban J connectivity index is 1.74. The molecule has 118 valence electrons. The van der Waals surface area contributed by atoms with E-state index < -0.39 is 0 Å². The summed E-state index contributed by atoms with van der Waals surface area (Å²) in [5, 5.41) is 3.41. The smallest absolute Gasteiger partial charge is 0.139 e. The minimum Gasteiger partial charge on any atom is -0.355 e. The fourth-order valence-electron chi connectivity index (χ4n) is 3.20. The highest BCUT2D eigenvalue weighted by atomic mass is 15.3.